The summed E-state index contributed by atoms with van der Waals surface area (Å²) in [5.41, 5.74) is 0. The van der Waals surface area contributed by atoms with Gasteiger partial charge in [0, 0.05) is 6.08 Å². The molecule has 0 radical (unpaired) electrons. The predicted octanol–water partition coefficient (Wildman–Crippen LogP) is 0.296. The van der Waals surface area contributed by atoms with Crippen molar-refractivity contribution in [3.8, 4) is 0 Å². The third-order valence-electron chi connectivity index (χ3n) is 4.63. The van der Waals surface area contributed by atoms with Crippen molar-refractivity contribution >= 4 is 5.97 Å². The van der Waals surface area contributed by atoms with Crippen LogP contribution in [0.2, 0.25) is 0 Å². The molecule has 1 aliphatic heterocycles. The van der Waals surface area contributed by atoms with Crippen LogP contribution < -0.4 is 0 Å². The van der Waals surface area contributed by atoms with Gasteiger partial charge in [0.15, 0.2) is 0 Å². The maximum absolute atomic E-state index is 11.8. The van der Waals surface area contributed by atoms with Crippen LogP contribution in [-0.2, 0) is 9.53 Å². The zero-order valence-electron chi connectivity index (χ0n) is 13.1. The molecule has 6 atom stereocenters. The van der Waals surface area contributed by atoms with Gasteiger partial charge in [-0.15, -0.1) is 0 Å². The van der Waals surface area contributed by atoms with Gasteiger partial charge in [-0.05, 0) is 50.0 Å². The average molecular weight is 326 g/mol. The Kier molecular flexibility index (Phi) is 6.77. The molecular formula is C17H26O6. The van der Waals surface area contributed by atoms with Crippen molar-refractivity contribution in [3.63, 3.8) is 0 Å². The first-order valence-electron chi connectivity index (χ1n) is 8.21. The van der Waals surface area contributed by atoms with E-state index in [1.54, 1.807) is 0 Å². The Labute approximate surface area is 136 Å². The number of fused-ring (bicyclic) bond motifs is 1. The van der Waals surface area contributed by atoms with Gasteiger partial charge in [-0.3, -0.25) is 0 Å². The van der Waals surface area contributed by atoms with E-state index in [1.165, 1.54) is 6.08 Å². The summed E-state index contributed by atoms with van der Waals surface area (Å²) in [6.07, 6.45) is 6.45. The standard InChI is InChI=1S/C17H26O6/c18-10-15(21)16-5-3-1-2-4-11-8-12(19)9-13(11)14(20)6-7-17(22)23-16/h2,4,6-7,11-16,18-21H,1,3,5,8-10H2/b4-2+,7-6+/t11-,12+,13-,14-,15-,16-/m1/s1. The van der Waals surface area contributed by atoms with Crippen molar-refractivity contribution in [1.29, 1.82) is 0 Å². The third-order valence-corrected chi connectivity index (χ3v) is 4.63. The van der Waals surface area contributed by atoms with Gasteiger partial charge >= 0.3 is 5.97 Å². The van der Waals surface area contributed by atoms with Crippen molar-refractivity contribution in [1.82, 2.24) is 0 Å². The molecule has 0 aromatic carbocycles. The Bertz CT molecular complexity index is 446. The molecule has 0 unspecified atom stereocenters. The number of allylic oxidation sites excluding steroid dienone is 2. The fraction of sp³-hybridized carbons (Fsp3) is 0.706. The van der Waals surface area contributed by atoms with E-state index in [0.29, 0.717) is 25.7 Å². The number of ether oxygens (including phenoxy) is 1. The molecular weight excluding hydrogens is 300 g/mol. The second-order valence-electron chi connectivity index (χ2n) is 6.39. The lowest BCUT2D eigenvalue weighted by Gasteiger charge is -2.21. The zero-order valence-corrected chi connectivity index (χ0v) is 13.1. The molecule has 23 heavy (non-hydrogen) atoms. The monoisotopic (exact) mass is 326 g/mol. The van der Waals surface area contributed by atoms with Crippen LogP contribution >= 0.6 is 0 Å². The minimum Gasteiger partial charge on any atom is -0.456 e. The summed E-state index contributed by atoms with van der Waals surface area (Å²) in [7, 11) is 0. The third kappa shape index (κ3) is 5.14. The molecule has 1 heterocycles. The van der Waals surface area contributed by atoms with Crippen molar-refractivity contribution in [2.45, 2.75) is 56.5 Å². The first-order chi connectivity index (χ1) is 11.0. The first-order valence-corrected chi connectivity index (χ1v) is 8.21. The molecule has 1 fully saturated rings. The van der Waals surface area contributed by atoms with Gasteiger partial charge in [0.2, 0.25) is 0 Å². The van der Waals surface area contributed by atoms with Crippen LogP contribution in [0, 0.1) is 11.8 Å². The molecule has 6 heteroatoms. The highest BCUT2D eigenvalue weighted by Gasteiger charge is 2.35. The van der Waals surface area contributed by atoms with Gasteiger partial charge in [-0.25, -0.2) is 4.79 Å². The fourth-order valence-electron chi connectivity index (χ4n) is 3.35. The summed E-state index contributed by atoms with van der Waals surface area (Å²) in [6.45, 7) is -0.470. The smallest absolute Gasteiger partial charge is 0.330 e. The van der Waals surface area contributed by atoms with Gasteiger partial charge in [0.25, 0.3) is 0 Å². The van der Waals surface area contributed by atoms with Gasteiger partial charge in [0.1, 0.15) is 12.2 Å². The number of carbonyl (C=O) groups excluding carboxylic acids is 1. The predicted molar refractivity (Wildman–Crippen MR) is 83.3 cm³/mol. The van der Waals surface area contributed by atoms with Crippen LogP contribution in [0.3, 0.4) is 0 Å². The molecule has 0 saturated heterocycles. The van der Waals surface area contributed by atoms with E-state index in [-0.39, 0.29) is 11.8 Å². The number of esters is 1. The number of hydrogen-bond donors (Lipinski definition) is 4. The summed E-state index contributed by atoms with van der Waals surface area (Å²) in [6, 6.07) is 0. The van der Waals surface area contributed by atoms with Crippen LogP contribution in [0.5, 0.6) is 0 Å². The van der Waals surface area contributed by atoms with Crippen molar-refractivity contribution in [2.75, 3.05) is 6.61 Å². The zero-order chi connectivity index (χ0) is 16.8. The van der Waals surface area contributed by atoms with Crippen molar-refractivity contribution in [3.05, 3.63) is 24.3 Å². The minimum atomic E-state index is -1.11. The van der Waals surface area contributed by atoms with Gasteiger partial charge in [0.05, 0.1) is 18.8 Å². The molecule has 130 valence electrons. The highest BCUT2D eigenvalue weighted by atomic mass is 16.6. The lowest BCUT2D eigenvalue weighted by atomic mass is 9.90. The van der Waals surface area contributed by atoms with Gasteiger partial charge in [-0.1, -0.05) is 12.2 Å². The lowest BCUT2D eigenvalue weighted by molar-refractivity contribution is -0.151. The summed E-state index contributed by atoms with van der Waals surface area (Å²) < 4.78 is 5.18. The quantitative estimate of drug-likeness (QED) is 0.429. The Hall–Kier alpha value is -1.21. The van der Waals surface area contributed by atoms with E-state index in [1.807, 2.05) is 12.2 Å². The Morgan fingerprint density at radius 2 is 2.04 bits per heavy atom. The molecule has 0 aromatic heterocycles. The summed E-state index contributed by atoms with van der Waals surface area (Å²) in [5, 5.41) is 38.9. The van der Waals surface area contributed by atoms with Crippen molar-refractivity contribution < 1.29 is 30.0 Å². The topological polar surface area (TPSA) is 107 Å². The summed E-state index contributed by atoms with van der Waals surface area (Å²) in [5.74, 6) is -0.686. The van der Waals surface area contributed by atoms with Crippen LogP contribution in [0.15, 0.2) is 24.3 Å². The lowest BCUT2D eigenvalue weighted by Crippen LogP contribution is -2.33. The number of rotatable bonds is 2. The van der Waals surface area contributed by atoms with E-state index < -0.39 is 37.0 Å². The molecule has 6 nitrogen and oxygen atoms in total. The second-order valence-corrected chi connectivity index (χ2v) is 6.39. The minimum absolute atomic E-state index is 0.0836. The summed E-state index contributed by atoms with van der Waals surface area (Å²) >= 11 is 0. The first kappa shape index (κ1) is 18.1. The second kappa shape index (κ2) is 8.59. The normalized spacial score (nSPS) is 40.0. The SMILES string of the molecule is O=C1/C=C/[C@@H](O)[C@@H]2C[C@@H](O)C[C@H]2/C=C/CCC[C@H]([C@H](O)CO)O1. The highest BCUT2D eigenvalue weighted by molar-refractivity contribution is 5.82. The molecule has 0 aromatic rings. The van der Waals surface area contributed by atoms with E-state index in [4.69, 9.17) is 9.84 Å². The molecule has 2 aliphatic rings. The highest BCUT2D eigenvalue weighted by Crippen LogP contribution is 2.36. The van der Waals surface area contributed by atoms with E-state index in [2.05, 4.69) is 0 Å². The summed E-state index contributed by atoms with van der Waals surface area (Å²) in [4.78, 5) is 11.8. The number of carbonyl (C=O) groups is 1. The van der Waals surface area contributed by atoms with Crippen LogP contribution in [0.1, 0.15) is 32.1 Å². The number of cyclic esters (lactones) is 1. The fourth-order valence-corrected chi connectivity index (χ4v) is 3.35. The molecule has 1 saturated carbocycles. The molecule has 4 N–H and O–H groups in total. The molecule has 0 amide bonds. The molecule has 0 bridgehead atoms. The maximum Gasteiger partial charge on any atom is 0.330 e. The Morgan fingerprint density at radius 3 is 2.78 bits per heavy atom. The number of hydrogen-bond acceptors (Lipinski definition) is 6. The number of aliphatic hydroxyl groups is 4. The van der Waals surface area contributed by atoms with E-state index >= 15 is 0 Å². The van der Waals surface area contributed by atoms with E-state index in [9.17, 15) is 20.1 Å². The molecule has 1 aliphatic carbocycles. The Balaban J connectivity index is 2.11. The van der Waals surface area contributed by atoms with Crippen molar-refractivity contribution in [2.24, 2.45) is 11.8 Å². The molecule has 0 spiro atoms. The number of aliphatic hydroxyl groups excluding tert-OH is 4. The van der Waals surface area contributed by atoms with Crippen LogP contribution in [-0.4, -0.2) is 57.4 Å². The Morgan fingerprint density at radius 1 is 1.26 bits per heavy atom. The molecule has 2 rings (SSSR count). The largest absolute Gasteiger partial charge is 0.456 e. The average Bonchev–Trinajstić information content (AvgIpc) is 2.90. The van der Waals surface area contributed by atoms with Crippen LogP contribution in [0.4, 0.5) is 0 Å². The van der Waals surface area contributed by atoms with Gasteiger partial charge in [-0.2, -0.15) is 0 Å². The van der Waals surface area contributed by atoms with Crippen LogP contribution in [0.25, 0.3) is 0 Å². The van der Waals surface area contributed by atoms with E-state index in [0.717, 1.165) is 12.5 Å². The van der Waals surface area contributed by atoms with Gasteiger partial charge < -0.3 is 25.2 Å². The maximum atomic E-state index is 11.8.